The van der Waals surface area contributed by atoms with Gasteiger partial charge in [0, 0.05) is 25.2 Å². The first-order valence-electron chi connectivity index (χ1n) is 9.44. The number of carboxylic acids is 1. The molecule has 2 N–H and O–H groups in total. The van der Waals surface area contributed by atoms with Crippen LogP contribution in [0.15, 0.2) is 24.3 Å². The number of benzene rings is 1. The van der Waals surface area contributed by atoms with Gasteiger partial charge in [-0.25, -0.2) is 0 Å². The third kappa shape index (κ3) is 5.72. The van der Waals surface area contributed by atoms with Gasteiger partial charge in [0.1, 0.15) is 5.75 Å². The Morgan fingerprint density at radius 2 is 1.96 bits per heavy atom. The van der Waals surface area contributed by atoms with E-state index in [1.807, 2.05) is 26.0 Å². The molecule has 138 valence electrons. The Morgan fingerprint density at radius 1 is 1.28 bits per heavy atom. The molecule has 0 bridgehead atoms. The number of ether oxygens (including phenoxy) is 1. The first kappa shape index (κ1) is 18.2. The molecule has 5 nitrogen and oxygen atoms in total. The van der Waals surface area contributed by atoms with E-state index in [0.717, 1.165) is 37.6 Å². The van der Waals surface area contributed by atoms with Crippen molar-refractivity contribution in [2.24, 2.45) is 5.92 Å². The maximum Gasteiger partial charge on any atom is 0.317 e. The number of aliphatic carboxylic acids is 1. The van der Waals surface area contributed by atoms with Crippen LogP contribution in [0.25, 0.3) is 0 Å². The second kappa shape index (κ2) is 8.19. The molecule has 0 heterocycles. The molecular formula is C20H30N2O3. The summed E-state index contributed by atoms with van der Waals surface area (Å²) in [4.78, 5) is 13.3. The van der Waals surface area contributed by atoms with Crippen molar-refractivity contribution in [2.45, 2.75) is 64.3 Å². The fourth-order valence-corrected chi connectivity index (χ4v) is 3.42. The van der Waals surface area contributed by atoms with Crippen LogP contribution in [-0.2, 0) is 11.3 Å². The largest absolute Gasteiger partial charge is 0.491 e. The van der Waals surface area contributed by atoms with E-state index in [1.54, 1.807) is 0 Å². The highest BCUT2D eigenvalue weighted by atomic mass is 16.5. The van der Waals surface area contributed by atoms with Gasteiger partial charge >= 0.3 is 5.97 Å². The molecule has 0 aromatic heterocycles. The Hall–Kier alpha value is -1.59. The van der Waals surface area contributed by atoms with Crippen molar-refractivity contribution >= 4 is 5.97 Å². The number of rotatable bonds is 10. The summed E-state index contributed by atoms with van der Waals surface area (Å²) in [5, 5.41) is 12.7. The maximum atomic E-state index is 11.1. The van der Waals surface area contributed by atoms with Crippen LogP contribution in [0.2, 0.25) is 0 Å². The molecule has 1 aromatic rings. The summed E-state index contributed by atoms with van der Waals surface area (Å²) in [6, 6.07) is 9.16. The molecule has 2 aliphatic rings. The number of hydrogen-bond donors (Lipinski definition) is 2. The van der Waals surface area contributed by atoms with Crippen LogP contribution < -0.4 is 10.1 Å². The van der Waals surface area contributed by atoms with Crippen LogP contribution >= 0.6 is 0 Å². The van der Waals surface area contributed by atoms with Gasteiger partial charge in [-0.1, -0.05) is 12.1 Å². The van der Waals surface area contributed by atoms with Gasteiger partial charge in [-0.05, 0) is 63.1 Å². The first-order chi connectivity index (χ1) is 12.0. The molecule has 2 fully saturated rings. The van der Waals surface area contributed by atoms with Crippen LogP contribution in [0.4, 0.5) is 0 Å². The molecule has 25 heavy (non-hydrogen) atoms. The van der Waals surface area contributed by atoms with Crippen molar-refractivity contribution in [1.82, 2.24) is 10.2 Å². The van der Waals surface area contributed by atoms with Crippen molar-refractivity contribution < 1.29 is 14.6 Å². The SMILES string of the molecule is CC(C)Oc1ccc(CNC2CC(N(CC(=O)O)CC3CC3)C2)cc1. The minimum absolute atomic E-state index is 0.186. The van der Waals surface area contributed by atoms with E-state index in [-0.39, 0.29) is 12.6 Å². The summed E-state index contributed by atoms with van der Waals surface area (Å²) in [6.45, 7) is 6.05. The summed E-state index contributed by atoms with van der Waals surface area (Å²) >= 11 is 0. The number of carboxylic acid groups (broad SMARTS) is 1. The molecule has 2 saturated carbocycles. The van der Waals surface area contributed by atoms with E-state index < -0.39 is 5.97 Å². The zero-order chi connectivity index (χ0) is 17.8. The van der Waals surface area contributed by atoms with Crippen molar-refractivity contribution in [3.63, 3.8) is 0 Å². The first-order valence-corrected chi connectivity index (χ1v) is 9.44. The predicted molar refractivity (Wildman–Crippen MR) is 97.8 cm³/mol. The lowest BCUT2D eigenvalue weighted by atomic mass is 9.85. The van der Waals surface area contributed by atoms with Gasteiger partial charge in [0.25, 0.3) is 0 Å². The van der Waals surface area contributed by atoms with Gasteiger partial charge in [0.2, 0.25) is 0 Å². The van der Waals surface area contributed by atoms with E-state index in [4.69, 9.17) is 9.84 Å². The number of nitrogens with zero attached hydrogens (tertiary/aromatic N) is 1. The van der Waals surface area contributed by atoms with E-state index in [1.165, 1.54) is 18.4 Å². The van der Waals surface area contributed by atoms with Gasteiger partial charge < -0.3 is 15.2 Å². The Bertz CT molecular complexity index is 563. The molecule has 5 heteroatoms. The topological polar surface area (TPSA) is 61.8 Å². The average Bonchev–Trinajstić information content (AvgIpc) is 3.30. The number of nitrogens with one attached hydrogen (secondary N) is 1. The smallest absolute Gasteiger partial charge is 0.317 e. The number of hydrogen-bond acceptors (Lipinski definition) is 4. The fourth-order valence-electron chi connectivity index (χ4n) is 3.42. The highest BCUT2D eigenvalue weighted by Gasteiger charge is 2.36. The van der Waals surface area contributed by atoms with Crippen LogP contribution in [-0.4, -0.2) is 47.3 Å². The second-order valence-electron chi connectivity index (χ2n) is 7.78. The lowest BCUT2D eigenvalue weighted by Gasteiger charge is -2.43. The standard InChI is InChI=1S/C20H30N2O3/c1-14(2)25-19-7-5-15(6-8-19)11-21-17-9-18(10-17)22(13-20(23)24)12-16-3-4-16/h5-8,14,16-18,21H,3-4,9-13H2,1-2H3,(H,23,24). The molecule has 0 unspecified atom stereocenters. The van der Waals surface area contributed by atoms with Gasteiger partial charge in [-0.15, -0.1) is 0 Å². The highest BCUT2D eigenvalue weighted by Crippen LogP contribution is 2.33. The van der Waals surface area contributed by atoms with Gasteiger partial charge in [0.05, 0.1) is 12.6 Å². The number of carbonyl (C=O) groups is 1. The van der Waals surface area contributed by atoms with E-state index in [2.05, 4.69) is 22.3 Å². The third-order valence-corrected chi connectivity index (χ3v) is 5.05. The Balaban J connectivity index is 1.39. The van der Waals surface area contributed by atoms with E-state index in [0.29, 0.717) is 12.1 Å². The van der Waals surface area contributed by atoms with E-state index >= 15 is 0 Å². The molecule has 2 aliphatic carbocycles. The summed E-state index contributed by atoms with van der Waals surface area (Å²) in [7, 11) is 0. The molecule has 3 rings (SSSR count). The summed E-state index contributed by atoms with van der Waals surface area (Å²) in [6.07, 6.45) is 4.82. The summed E-state index contributed by atoms with van der Waals surface area (Å²) in [5.74, 6) is 0.936. The lowest BCUT2D eigenvalue weighted by Crippen LogP contribution is -2.54. The predicted octanol–water partition coefficient (Wildman–Crippen LogP) is 2.89. The molecule has 0 aliphatic heterocycles. The van der Waals surface area contributed by atoms with Crippen molar-refractivity contribution in [1.29, 1.82) is 0 Å². The van der Waals surface area contributed by atoms with Gasteiger partial charge in [-0.3, -0.25) is 9.69 Å². The molecule has 0 amide bonds. The molecule has 0 saturated heterocycles. The molecule has 0 radical (unpaired) electrons. The third-order valence-electron chi connectivity index (χ3n) is 5.05. The molecule has 0 spiro atoms. The minimum atomic E-state index is -0.708. The summed E-state index contributed by atoms with van der Waals surface area (Å²) < 4.78 is 5.66. The van der Waals surface area contributed by atoms with Crippen LogP contribution in [0.1, 0.15) is 45.1 Å². The zero-order valence-corrected chi connectivity index (χ0v) is 15.3. The summed E-state index contributed by atoms with van der Waals surface area (Å²) in [5.41, 5.74) is 1.25. The molecular weight excluding hydrogens is 316 g/mol. The molecule has 1 aromatic carbocycles. The maximum absolute atomic E-state index is 11.1. The fraction of sp³-hybridized carbons (Fsp3) is 0.650. The van der Waals surface area contributed by atoms with Crippen molar-refractivity contribution in [2.75, 3.05) is 13.1 Å². The monoisotopic (exact) mass is 346 g/mol. The van der Waals surface area contributed by atoms with Crippen LogP contribution in [0.5, 0.6) is 5.75 Å². The quantitative estimate of drug-likeness (QED) is 0.682. The van der Waals surface area contributed by atoms with E-state index in [9.17, 15) is 4.79 Å². The van der Waals surface area contributed by atoms with Crippen LogP contribution in [0.3, 0.4) is 0 Å². The Labute approximate surface area is 150 Å². The lowest BCUT2D eigenvalue weighted by molar-refractivity contribution is -0.139. The van der Waals surface area contributed by atoms with Crippen molar-refractivity contribution in [3.05, 3.63) is 29.8 Å². The van der Waals surface area contributed by atoms with Gasteiger partial charge in [0.15, 0.2) is 0 Å². The Kier molecular flexibility index (Phi) is 5.97. The van der Waals surface area contributed by atoms with Crippen molar-refractivity contribution in [3.8, 4) is 5.75 Å². The zero-order valence-electron chi connectivity index (χ0n) is 15.3. The average molecular weight is 346 g/mol. The van der Waals surface area contributed by atoms with Crippen LogP contribution in [0, 0.1) is 5.92 Å². The highest BCUT2D eigenvalue weighted by molar-refractivity contribution is 5.69. The Morgan fingerprint density at radius 3 is 2.52 bits per heavy atom. The minimum Gasteiger partial charge on any atom is -0.491 e. The molecule has 0 atom stereocenters. The second-order valence-corrected chi connectivity index (χ2v) is 7.78. The normalized spacial score (nSPS) is 22.9. The van der Waals surface area contributed by atoms with Gasteiger partial charge in [-0.2, -0.15) is 0 Å².